The lowest BCUT2D eigenvalue weighted by Crippen LogP contribution is -2.41. The first kappa shape index (κ1) is 22.6. The maximum absolute atomic E-state index is 12.5. The highest BCUT2D eigenvalue weighted by Gasteiger charge is 2.31. The number of hydrogen-bond donors (Lipinski definition) is 3. The number of methoxy groups -OCH3 is 2. The Kier molecular flexibility index (Phi) is 8.26. The molecule has 1 saturated heterocycles. The average Bonchev–Trinajstić information content (AvgIpc) is 3.29. The molecular weight excluding hydrogens is 396 g/mol. The lowest BCUT2D eigenvalue weighted by Gasteiger charge is -2.15. The molecule has 0 bridgehead atoms. The van der Waals surface area contributed by atoms with E-state index in [1.54, 1.807) is 32.6 Å². The molecule has 8 nitrogen and oxygen atoms in total. The Morgan fingerprint density at radius 2 is 1.94 bits per heavy atom. The van der Waals surface area contributed by atoms with Crippen LogP contribution in [0, 0.1) is 0 Å². The third-order valence-corrected chi connectivity index (χ3v) is 5.07. The number of carbonyl (C=O) groups is 1. The van der Waals surface area contributed by atoms with E-state index in [0.29, 0.717) is 24.5 Å². The molecule has 0 spiro atoms. The standard InChI is InChI=1S/C23H30N4O4/c1-4-5-12-31-20-9-7-6-8-17(20)18-14-19(26-25-18)23(28)27-24-15-16-10-11-21(29-2)22(13-16)30-3/h6-11,13,15,18-19,25-26H,4-5,12,14H2,1-3H3,(H,27,28)/b24-15+. The van der Waals surface area contributed by atoms with Crippen molar-refractivity contribution < 1.29 is 19.0 Å². The van der Waals surface area contributed by atoms with Gasteiger partial charge in [-0.15, -0.1) is 0 Å². The van der Waals surface area contributed by atoms with Gasteiger partial charge in [-0.1, -0.05) is 31.5 Å². The van der Waals surface area contributed by atoms with Crippen LogP contribution >= 0.6 is 0 Å². The summed E-state index contributed by atoms with van der Waals surface area (Å²) in [6.45, 7) is 2.82. The van der Waals surface area contributed by atoms with Gasteiger partial charge in [0.05, 0.1) is 33.1 Å². The molecule has 3 N–H and O–H groups in total. The minimum absolute atomic E-state index is 0.0246. The zero-order chi connectivity index (χ0) is 22.1. The van der Waals surface area contributed by atoms with Gasteiger partial charge in [0.15, 0.2) is 11.5 Å². The Balaban J connectivity index is 1.56. The van der Waals surface area contributed by atoms with Crippen LogP contribution in [0.15, 0.2) is 47.6 Å². The van der Waals surface area contributed by atoms with Crippen molar-refractivity contribution in [2.75, 3.05) is 20.8 Å². The first-order valence-corrected chi connectivity index (χ1v) is 10.4. The van der Waals surface area contributed by atoms with Gasteiger partial charge >= 0.3 is 0 Å². The smallest absolute Gasteiger partial charge is 0.258 e. The second kappa shape index (κ2) is 11.3. The molecule has 0 radical (unpaired) electrons. The fourth-order valence-electron chi connectivity index (χ4n) is 3.34. The summed E-state index contributed by atoms with van der Waals surface area (Å²) in [5.41, 5.74) is 10.7. The fraction of sp³-hybridized carbons (Fsp3) is 0.391. The summed E-state index contributed by atoms with van der Waals surface area (Å²) in [6, 6.07) is 12.9. The highest BCUT2D eigenvalue weighted by atomic mass is 16.5. The minimum atomic E-state index is -0.406. The van der Waals surface area contributed by atoms with Crippen LogP contribution in [-0.2, 0) is 4.79 Å². The van der Waals surface area contributed by atoms with Gasteiger partial charge in [-0.3, -0.25) is 4.79 Å². The fourth-order valence-corrected chi connectivity index (χ4v) is 3.34. The van der Waals surface area contributed by atoms with E-state index in [-0.39, 0.29) is 11.9 Å². The molecule has 2 aromatic carbocycles. The van der Waals surface area contributed by atoms with Crippen LogP contribution in [0.25, 0.3) is 0 Å². The van der Waals surface area contributed by atoms with E-state index < -0.39 is 6.04 Å². The van der Waals surface area contributed by atoms with Gasteiger partial charge in [-0.05, 0) is 42.7 Å². The number of hydrogen-bond acceptors (Lipinski definition) is 7. The number of para-hydroxylation sites is 1. The summed E-state index contributed by atoms with van der Waals surface area (Å²) in [5.74, 6) is 1.87. The summed E-state index contributed by atoms with van der Waals surface area (Å²) >= 11 is 0. The van der Waals surface area contributed by atoms with Crippen LogP contribution in [0.1, 0.15) is 43.4 Å². The lowest BCUT2D eigenvalue weighted by atomic mass is 10.0. The number of rotatable bonds is 10. The van der Waals surface area contributed by atoms with E-state index in [9.17, 15) is 4.79 Å². The quantitative estimate of drug-likeness (QED) is 0.307. The first-order valence-electron chi connectivity index (χ1n) is 10.4. The summed E-state index contributed by atoms with van der Waals surface area (Å²) in [6.07, 6.45) is 4.24. The van der Waals surface area contributed by atoms with E-state index in [2.05, 4.69) is 28.3 Å². The van der Waals surface area contributed by atoms with E-state index in [0.717, 1.165) is 29.7 Å². The molecule has 1 aliphatic rings. The van der Waals surface area contributed by atoms with Crippen molar-refractivity contribution in [2.45, 2.75) is 38.3 Å². The predicted molar refractivity (Wildman–Crippen MR) is 120 cm³/mol. The third kappa shape index (κ3) is 5.96. The SMILES string of the molecule is CCCCOc1ccccc1C1CC(C(=O)N/N=C/c2ccc(OC)c(OC)c2)NN1. The van der Waals surface area contributed by atoms with E-state index in [1.165, 1.54) is 0 Å². The first-order chi connectivity index (χ1) is 15.2. The molecule has 8 heteroatoms. The van der Waals surface area contributed by atoms with Gasteiger partial charge in [0.2, 0.25) is 0 Å². The lowest BCUT2D eigenvalue weighted by molar-refractivity contribution is -0.122. The average molecular weight is 427 g/mol. The molecule has 2 aromatic rings. The summed E-state index contributed by atoms with van der Waals surface area (Å²) in [4.78, 5) is 12.5. The van der Waals surface area contributed by atoms with Crippen molar-refractivity contribution in [3.63, 3.8) is 0 Å². The van der Waals surface area contributed by atoms with Gasteiger partial charge in [0.25, 0.3) is 5.91 Å². The molecule has 31 heavy (non-hydrogen) atoms. The molecule has 1 amide bonds. The maximum Gasteiger partial charge on any atom is 0.258 e. The van der Waals surface area contributed by atoms with Crippen LogP contribution in [0.4, 0.5) is 0 Å². The number of nitrogens with one attached hydrogen (secondary N) is 3. The zero-order valence-corrected chi connectivity index (χ0v) is 18.2. The number of unbranched alkanes of at least 4 members (excludes halogenated alkanes) is 1. The summed E-state index contributed by atoms with van der Waals surface area (Å²) < 4.78 is 16.4. The van der Waals surface area contributed by atoms with Crippen LogP contribution in [0.2, 0.25) is 0 Å². The topological polar surface area (TPSA) is 93.2 Å². The van der Waals surface area contributed by atoms with E-state index in [1.807, 2.05) is 30.3 Å². The second-order valence-electron chi connectivity index (χ2n) is 7.22. The Morgan fingerprint density at radius 1 is 1.13 bits per heavy atom. The minimum Gasteiger partial charge on any atom is -0.493 e. The Hall–Kier alpha value is -3.10. The molecule has 2 atom stereocenters. The highest BCUT2D eigenvalue weighted by molar-refractivity contribution is 5.85. The number of benzene rings is 2. The van der Waals surface area contributed by atoms with Crippen LogP contribution in [-0.4, -0.2) is 39.0 Å². The Morgan fingerprint density at radius 3 is 2.71 bits per heavy atom. The molecule has 0 aliphatic carbocycles. The molecule has 0 aromatic heterocycles. The summed E-state index contributed by atoms with van der Waals surface area (Å²) in [7, 11) is 3.15. The van der Waals surface area contributed by atoms with Crippen molar-refractivity contribution >= 4 is 12.1 Å². The molecule has 3 rings (SSSR count). The number of carbonyl (C=O) groups excluding carboxylic acids is 1. The number of ether oxygens (including phenoxy) is 3. The van der Waals surface area contributed by atoms with Gasteiger partial charge in [0, 0.05) is 5.56 Å². The molecule has 2 unspecified atom stereocenters. The largest absolute Gasteiger partial charge is 0.493 e. The van der Waals surface area contributed by atoms with Crippen LogP contribution in [0.3, 0.4) is 0 Å². The van der Waals surface area contributed by atoms with Gasteiger partial charge in [-0.25, -0.2) is 16.3 Å². The molecule has 1 aliphatic heterocycles. The zero-order valence-electron chi connectivity index (χ0n) is 18.2. The predicted octanol–water partition coefficient (Wildman–Crippen LogP) is 2.94. The van der Waals surface area contributed by atoms with Gasteiger partial charge in [0.1, 0.15) is 11.8 Å². The monoisotopic (exact) mass is 426 g/mol. The molecule has 166 valence electrons. The van der Waals surface area contributed by atoms with Crippen molar-refractivity contribution in [3.05, 3.63) is 53.6 Å². The molecule has 1 heterocycles. The van der Waals surface area contributed by atoms with E-state index >= 15 is 0 Å². The number of hydrazine groups is 1. The van der Waals surface area contributed by atoms with Gasteiger partial charge < -0.3 is 14.2 Å². The summed E-state index contributed by atoms with van der Waals surface area (Å²) in [5, 5.41) is 4.07. The number of amides is 1. The number of nitrogens with zero attached hydrogens (tertiary/aromatic N) is 1. The highest BCUT2D eigenvalue weighted by Crippen LogP contribution is 2.30. The van der Waals surface area contributed by atoms with Crippen LogP contribution in [0.5, 0.6) is 17.2 Å². The Labute approximate surface area is 182 Å². The van der Waals surface area contributed by atoms with Crippen molar-refractivity contribution in [1.29, 1.82) is 0 Å². The van der Waals surface area contributed by atoms with Crippen molar-refractivity contribution in [1.82, 2.24) is 16.3 Å². The Bertz CT molecular complexity index is 903. The van der Waals surface area contributed by atoms with Crippen molar-refractivity contribution in [2.24, 2.45) is 5.10 Å². The normalized spacial score (nSPS) is 18.2. The van der Waals surface area contributed by atoms with Gasteiger partial charge in [-0.2, -0.15) is 5.10 Å². The second-order valence-corrected chi connectivity index (χ2v) is 7.22. The molecule has 0 saturated carbocycles. The third-order valence-electron chi connectivity index (χ3n) is 5.07. The maximum atomic E-state index is 12.5. The van der Waals surface area contributed by atoms with Crippen molar-refractivity contribution in [3.8, 4) is 17.2 Å². The van der Waals surface area contributed by atoms with Crippen LogP contribution < -0.4 is 30.5 Å². The molecular formula is C23H30N4O4. The molecule has 1 fully saturated rings. The number of hydrazone groups is 1. The van der Waals surface area contributed by atoms with E-state index in [4.69, 9.17) is 14.2 Å².